The molecule has 68 valence electrons. The van der Waals surface area contributed by atoms with E-state index in [9.17, 15) is 9.59 Å². The summed E-state index contributed by atoms with van der Waals surface area (Å²) in [5.41, 5.74) is -0.192. The number of aliphatic carboxylic acids is 2. The van der Waals surface area contributed by atoms with Crippen molar-refractivity contribution in [3.63, 3.8) is 0 Å². The first-order valence-corrected chi connectivity index (χ1v) is 4.21. The topological polar surface area (TPSA) is 74.6 Å². The number of carboxylic acids is 2. The molecule has 0 atom stereocenters. The highest BCUT2D eigenvalue weighted by Crippen LogP contribution is 2.19. The molecule has 1 aromatic heterocycles. The fourth-order valence-electron chi connectivity index (χ4n) is 0.794. The average Bonchev–Trinajstić information content (AvgIpc) is 2.50. The highest BCUT2D eigenvalue weighted by molar-refractivity contribution is 7.11. The molecular formula is C8H6O4S. The van der Waals surface area contributed by atoms with Gasteiger partial charge in [0.2, 0.25) is 0 Å². The Morgan fingerprint density at radius 2 is 2.08 bits per heavy atom. The second kappa shape index (κ2) is 3.86. The van der Waals surface area contributed by atoms with Crippen LogP contribution in [-0.4, -0.2) is 22.2 Å². The van der Waals surface area contributed by atoms with Gasteiger partial charge in [0, 0.05) is 11.0 Å². The van der Waals surface area contributed by atoms with Gasteiger partial charge in [-0.25, -0.2) is 9.59 Å². The third-order valence-electron chi connectivity index (χ3n) is 1.28. The van der Waals surface area contributed by atoms with Crippen molar-refractivity contribution in [2.24, 2.45) is 0 Å². The highest BCUT2D eigenvalue weighted by Gasteiger charge is 2.12. The molecule has 0 bridgehead atoms. The van der Waals surface area contributed by atoms with E-state index in [0.717, 1.165) is 0 Å². The molecule has 0 aliphatic carbocycles. The van der Waals surface area contributed by atoms with Gasteiger partial charge < -0.3 is 10.2 Å². The number of hydrogen-bond donors (Lipinski definition) is 2. The molecule has 0 amide bonds. The van der Waals surface area contributed by atoms with Crippen molar-refractivity contribution in [1.29, 1.82) is 0 Å². The normalized spacial score (nSPS) is 11.2. The fraction of sp³-hybridized carbons (Fsp3) is 0. The first-order valence-electron chi connectivity index (χ1n) is 3.33. The summed E-state index contributed by atoms with van der Waals surface area (Å²) in [5, 5.41) is 18.8. The molecule has 0 saturated carbocycles. The van der Waals surface area contributed by atoms with Gasteiger partial charge in [-0.1, -0.05) is 6.07 Å². The van der Waals surface area contributed by atoms with Crippen LogP contribution in [0.5, 0.6) is 0 Å². The van der Waals surface area contributed by atoms with Gasteiger partial charge in [0.1, 0.15) is 0 Å². The summed E-state index contributed by atoms with van der Waals surface area (Å²) in [6.07, 6.45) is 0.689. The molecular weight excluding hydrogens is 192 g/mol. The Morgan fingerprint density at radius 1 is 1.38 bits per heavy atom. The summed E-state index contributed by atoms with van der Waals surface area (Å²) >= 11 is 1.19. The van der Waals surface area contributed by atoms with Gasteiger partial charge in [0.25, 0.3) is 0 Å². The summed E-state index contributed by atoms with van der Waals surface area (Å²) in [6.45, 7) is 0. The van der Waals surface area contributed by atoms with Crippen LogP contribution in [0, 0.1) is 0 Å². The van der Waals surface area contributed by atoms with E-state index < -0.39 is 11.9 Å². The van der Waals surface area contributed by atoms with Gasteiger partial charge in [-0.3, -0.25) is 0 Å². The Kier molecular flexibility index (Phi) is 2.81. The molecule has 13 heavy (non-hydrogen) atoms. The van der Waals surface area contributed by atoms with Gasteiger partial charge >= 0.3 is 11.9 Å². The molecule has 1 heterocycles. The van der Waals surface area contributed by atoms with Crippen LogP contribution < -0.4 is 0 Å². The van der Waals surface area contributed by atoms with Crippen LogP contribution in [0.15, 0.2) is 23.6 Å². The standard InChI is InChI=1S/C8H6O4S/c9-7(10)4-5(8(11)12)6-2-1-3-13-6/h1-4H,(H,9,10)(H,11,12)/b5-4-. The summed E-state index contributed by atoms with van der Waals surface area (Å²) in [7, 11) is 0. The van der Waals surface area contributed by atoms with Crippen LogP contribution in [0.1, 0.15) is 4.88 Å². The van der Waals surface area contributed by atoms with Crippen molar-refractivity contribution in [3.8, 4) is 0 Å². The van der Waals surface area contributed by atoms with E-state index in [0.29, 0.717) is 11.0 Å². The molecule has 0 spiro atoms. The highest BCUT2D eigenvalue weighted by atomic mass is 32.1. The molecule has 1 rings (SSSR count). The lowest BCUT2D eigenvalue weighted by Gasteiger charge is -1.95. The minimum atomic E-state index is -1.26. The zero-order chi connectivity index (χ0) is 9.84. The van der Waals surface area contributed by atoms with Crippen LogP contribution in [0.2, 0.25) is 0 Å². The Hall–Kier alpha value is -1.62. The molecule has 0 unspecified atom stereocenters. The third kappa shape index (κ3) is 2.41. The Bertz CT molecular complexity index is 350. The lowest BCUT2D eigenvalue weighted by Crippen LogP contribution is -2.01. The molecule has 4 nitrogen and oxygen atoms in total. The molecule has 0 fully saturated rings. The number of carbonyl (C=O) groups is 2. The molecule has 0 saturated heterocycles. The lowest BCUT2D eigenvalue weighted by atomic mass is 10.2. The van der Waals surface area contributed by atoms with Crippen molar-refractivity contribution in [1.82, 2.24) is 0 Å². The molecule has 0 aromatic carbocycles. The number of rotatable bonds is 3. The summed E-state index contributed by atoms with van der Waals surface area (Å²) in [5.74, 6) is -2.49. The zero-order valence-corrected chi connectivity index (χ0v) is 7.25. The van der Waals surface area contributed by atoms with Crippen molar-refractivity contribution >= 4 is 28.8 Å². The smallest absolute Gasteiger partial charge is 0.337 e. The first-order chi connectivity index (χ1) is 6.11. The quantitative estimate of drug-likeness (QED) is 0.718. The van der Waals surface area contributed by atoms with Gasteiger partial charge in [0.15, 0.2) is 0 Å². The Balaban J connectivity index is 3.08. The van der Waals surface area contributed by atoms with Gasteiger partial charge in [-0.05, 0) is 11.4 Å². The SMILES string of the molecule is O=C(O)/C=C(\C(=O)O)c1cccs1. The molecule has 1 aromatic rings. The van der Waals surface area contributed by atoms with Crippen molar-refractivity contribution in [2.45, 2.75) is 0 Å². The van der Waals surface area contributed by atoms with Gasteiger partial charge in [-0.15, -0.1) is 11.3 Å². The zero-order valence-electron chi connectivity index (χ0n) is 6.43. The minimum Gasteiger partial charge on any atom is -0.478 e. The predicted molar refractivity (Wildman–Crippen MR) is 47.6 cm³/mol. The number of thiophene rings is 1. The maximum atomic E-state index is 10.6. The Morgan fingerprint density at radius 3 is 2.46 bits per heavy atom. The van der Waals surface area contributed by atoms with Crippen LogP contribution >= 0.6 is 11.3 Å². The van der Waals surface area contributed by atoms with Crippen LogP contribution in [0.4, 0.5) is 0 Å². The predicted octanol–water partition coefficient (Wildman–Crippen LogP) is 1.30. The average molecular weight is 198 g/mol. The van der Waals surface area contributed by atoms with Crippen LogP contribution in [0.25, 0.3) is 5.57 Å². The molecule has 0 aliphatic heterocycles. The van der Waals surface area contributed by atoms with Crippen LogP contribution in [-0.2, 0) is 9.59 Å². The summed E-state index contributed by atoms with van der Waals surface area (Å²) in [4.78, 5) is 21.3. The second-order valence-corrected chi connectivity index (χ2v) is 3.13. The van der Waals surface area contributed by atoms with E-state index in [-0.39, 0.29) is 5.57 Å². The lowest BCUT2D eigenvalue weighted by molar-refractivity contribution is -0.133. The minimum absolute atomic E-state index is 0.192. The largest absolute Gasteiger partial charge is 0.478 e. The van der Waals surface area contributed by atoms with Crippen LogP contribution in [0.3, 0.4) is 0 Å². The van der Waals surface area contributed by atoms with E-state index in [1.165, 1.54) is 11.3 Å². The maximum absolute atomic E-state index is 10.6. The van der Waals surface area contributed by atoms with E-state index >= 15 is 0 Å². The van der Waals surface area contributed by atoms with E-state index in [2.05, 4.69) is 0 Å². The Labute approximate surface area is 77.8 Å². The number of hydrogen-bond acceptors (Lipinski definition) is 3. The first kappa shape index (κ1) is 9.47. The van der Waals surface area contributed by atoms with E-state index in [4.69, 9.17) is 10.2 Å². The fourth-order valence-corrected chi connectivity index (χ4v) is 1.53. The monoisotopic (exact) mass is 198 g/mol. The van der Waals surface area contributed by atoms with E-state index in [1.54, 1.807) is 17.5 Å². The second-order valence-electron chi connectivity index (χ2n) is 2.18. The summed E-state index contributed by atoms with van der Waals surface area (Å²) < 4.78 is 0. The van der Waals surface area contributed by atoms with Crippen molar-refractivity contribution in [2.75, 3.05) is 0 Å². The summed E-state index contributed by atoms with van der Waals surface area (Å²) in [6, 6.07) is 3.23. The van der Waals surface area contributed by atoms with Gasteiger partial charge in [0.05, 0.1) is 5.57 Å². The van der Waals surface area contributed by atoms with Crippen molar-refractivity contribution in [3.05, 3.63) is 28.5 Å². The molecule has 0 aliphatic rings. The van der Waals surface area contributed by atoms with Crippen molar-refractivity contribution < 1.29 is 19.8 Å². The third-order valence-corrected chi connectivity index (χ3v) is 2.19. The molecule has 0 radical (unpaired) electrons. The number of carboxylic acid groups (broad SMARTS) is 2. The van der Waals surface area contributed by atoms with E-state index in [1.807, 2.05) is 0 Å². The molecule has 2 N–H and O–H groups in total. The molecule has 5 heteroatoms. The van der Waals surface area contributed by atoms with Gasteiger partial charge in [-0.2, -0.15) is 0 Å². The maximum Gasteiger partial charge on any atom is 0.337 e.